The Balaban J connectivity index is 1.53. The first kappa shape index (κ1) is 23.2. The third-order valence-electron chi connectivity index (χ3n) is 6.84. The van der Waals surface area contributed by atoms with Gasteiger partial charge in [-0.05, 0) is 60.1 Å². The second-order valence-electron chi connectivity index (χ2n) is 9.16. The van der Waals surface area contributed by atoms with E-state index in [9.17, 15) is 9.90 Å². The third-order valence-corrected chi connectivity index (χ3v) is 6.84. The number of hydrogen-bond acceptors (Lipinski definition) is 4. The van der Waals surface area contributed by atoms with E-state index in [1.54, 1.807) is 16.9 Å². The van der Waals surface area contributed by atoms with Gasteiger partial charge in [0.05, 0.1) is 24.1 Å². The molecule has 0 bridgehead atoms. The number of carbonyl (C=O) groups is 1. The minimum absolute atomic E-state index is 0.0898. The van der Waals surface area contributed by atoms with Crippen LogP contribution in [0.4, 0.5) is 0 Å². The maximum absolute atomic E-state index is 11.9. The zero-order valence-electron chi connectivity index (χ0n) is 19.5. The van der Waals surface area contributed by atoms with Gasteiger partial charge >= 0.3 is 5.97 Å². The maximum Gasteiger partial charge on any atom is 0.336 e. The van der Waals surface area contributed by atoms with Gasteiger partial charge in [-0.15, -0.1) is 5.10 Å². The molecule has 1 heterocycles. The van der Waals surface area contributed by atoms with Crippen LogP contribution < -0.4 is 0 Å². The first-order chi connectivity index (χ1) is 16.0. The van der Waals surface area contributed by atoms with E-state index < -0.39 is 5.97 Å². The summed E-state index contributed by atoms with van der Waals surface area (Å²) in [6, 6.07) is 13.4. The van der Waals surface area contributed by atoms with Crippen molar-refractivity contribution in [1.29, 1.82) is 0 Å². The van der Waals surface area contributed by atoms with Crippen molar-refractivity contribution in [1.82, 2.24) is 15.0 Å². The van der Waals surface area contributed by atoms with Gasteiger partial charge in [0.25, 0.3) is 0 Å². The topological polar surface area (TPSA) is 77.2 Å². The minimum atomic E-state index is -0.924. The molecule has 174 valence electrons. The molecule has 1 unspecified atom stereocenters. The van der Waals surface area contributed by atoms with E-state index in [0.717, 1.165) is 46.7 Å². The summed E-state index contributed by atoms with van der Waals surface area (Å²) >= 11 is 0. The summed E-state index contributed by atoms with van der Waals surface area (Å²) in [5.74, 6) is -0.152. The van der Waals surface area contributed by atoms with Crippen LogP contribution in [0.5, 0.6) is 0 Å². The van der Waals surface area contributed by atoms with E-state index in [1.165, 1.54) is 32.1 Å². The molecule has 4 rings (SSSR count). The second kappa shape index (κ2) is 10.8. The summed E-state index contributed by atoms with van der Waals surface area (Å²) in [5, 5.41) is 17.9. The summed E-state index contributed by atoms with van der Waals surface area (Å²) in [6.45, 7) is 2.40. The largest absolute Gasteiger partial charge is 0.478 e. The van der Waals surface area contributed by atoms with Gasteiger partial charge in [0.1, 0.15) is 6.10 Å². The number of hydrogen-bond donors (Lipinski definition) is 1. The van der Waals surface area contributed by atoms with Crippen LogP contribution in [-0.4, -0.2) is 26.1 Å². The van der Waals surface area contributed by atoms with Gasteiger partial charge in [-0.2, -0.15) is 0 Å². The molecule has 0 aliphatic heterocycles. The zero-order chi connectivity index (χ0) is 23.2. The second-order valence-corrected chi connectivity index (χ2v) is 9.16. The van der Waals surface area contributed by atoms with Crippen LogP contribution in [0, 0.1) is 12.8 Å². The van der Waals surface area contributed by atoms with E-state index in [2.05, 4.69) is 10.3 Å². The fourth-order valence-corrected chi connectivity index (χ4v) is 4.93. The zero-order valence-corrected chi connectivity index (χ0v) is 19.5. The van der Waals surface area contributed by atoms with Gasteiger partial charge in [-0.3, -0.25) is 0 Å². The third kappa shape index (κ3) is 5.69. The maximum atomic E-state index is 11.9. The van der Waals surface area contributed by atoms with Crippen LogP contribution in [0.15, 0.2) is 48.7 Å². The van der Waals surface area contributed by atoms with Crippen LogP contribution in [0.25, 0.3) is 11.1 Å². The van der Waals surface area contributed by atoms with E-state index in [0.29, 0.717) is 12.2 Å². The Morgan fingerprint density at radius 1 is 1.15 bits per heavy atom. The predicted octanol–water partition coefficient (Wildman–Crippen LogP) is 6.11. The Hall–Kier alpha value is -2.99. The molecule has 1 aromatic heterocycles. The van der Waals surface area contributed by atoms with E-state index in [1.807, 2.05) is 50.4 Å². The van der Waals surface area contributed by atoms with Crippen LogP contribution in [0.2, 0.25) is 0 Å². The molecule has 1 atom stereocenters. The van der Waals surface area contributed by atoms with Crippen molar-refractivity contribution < 1.29 is 14.6 Å². The molecule has 3 aromatic rings. The van der Waals surface area contributed by atoms with E-state index in [4.69, 9.17) is 4.74 Å². The molecule has 1 saturated carbocycles. The number of carboxylic acid groups (broad SMARTS) is 1. The highest BCUT2D eigenvalue weighted by atomic mass is 16.5. The van der Waals surface area contributed by atoms with Crippen LogP contribution in [-0.2, 0) is 18.4 Å². The molecule has 1 aliphatic carbocycles. The van der Waals surface area contributed by atoms with Gasteiger partial charge < -0.3 is 9.84 Å². The molecule has 0 radical (unpaired) electrons. The van der Waals surface area contributed by atoms with Crippen molar-refractivity contribution in [2.45, 2.75) is 64.6 Å². The van der Waals surface area contributed by atoms with E-state index >= 15 is 0 Å². The minimum Gasteiger partial charge on any atom is -0.478 e. The molecule has 0 saturated heterocycles. The molecule has 0 amide bonds. The van der Waals surface area contributed by atoms with Crippen molar-refractivity contribution in [3.8, 4) is 11.1 Å². The Labute approximate surface area is 195 Å². The fourth-order valence-electron chi connectivity index (χ4n) is 4.93. The molecule has 1 N–H and O–H groups in total. The highest BCUT2D eigenvalue weighted by molar-refractivity contribution is 5.96. The normalized spacial score (nSPS) is 15.5. The Bertz CT molecular complexity index is 1090. The average molecular weight is 448 g/mol. The first-order valence-corrected chi connectivity index (χ1v) is 11.9. The van der Waals surface area contributed by atoms with Gasteiger partial charge in [-0.25, -0.2) is 9.48 Å². The van der Waals surface area contributed by atoms with Crippen molar-refractivity contribution in [3.63, 3.8) is 0 Å². The van der Waals surface area contributed by atoms with E-state index in [-0.39, 0.29) is 6.10 Å². The first-order valence-electron chi connectivity index (χ1n) is 11.9. The molecular formula is C27H33N3O3. The quantitative estimate of drug-likeness (QED) is 0.428. The van der Waals surface area contributed by atoms with Crippen molar-refractivity contribution in [2.24, 2.45) is 13.0 Å². The highest BCUT2D eigenvalue weighted by Gasteiger charge is 2.21. The van der Waals surface area contributed by atoms with Crippen molar-refractivity contribution >= 4 is 5.97 Å². The van der Waals surface area contributed by atoms with Crippen LogP contribution >= 0.6 is 0 Å². The molecule has 1 fully saturated rings. The molecule has 0 spiro atoms. The van der Waals surface area contributed by atoms with Crippen molar-refractivity contribution in [3.05, 3.63) is 71.0 Å². The highest BCUT2D eigenvalue weighted by Crippen LogP contribution is 2.33. The standard InChI is InChI=1S/C27H33N3O3/c1-19-8-6-7-11-22(19)24-16-21(12-14-23(24)27(31)32)18-33-26(25-17-28-29-30(25)2)15-13-20-9-4-3-5-10-20/h6-8,11-12,14,16-17,20,26H,3-5,9-10,13,15,18H2,1-2H3,(H,31,32). The molecule has 2 aromatic carbocycles. The number of benzene rings is 2. The number of aromatic nitrogens is 3. The molecule has 6 nitrogen and oxygen atoms in total. The number of rotatable bonds is 9. The van der Waals surface area contributed by atoms with Crippen molar-refractivity contribution in [2.75, 3.05) is 0 Å². The number of aromatic carboxylic acids is 1. The summed E-state index contributed by atoms with van der Waals surface area (Å²) in [5.41, 5.74) is 4.94. The summed E-state index contributed by atoms with van der Waals surface area (Å²) in [7, 11) is 1.90. The van der Waals surface area contributed by atoms with Gasteiger partial charge in [0.15, 0.2) is 0 Å². The summed E-state index contributed by atoms with van der Waals surface area (Å²) < 4.78 is 8.21. The lowest BCUT2D eigenvalue weighted by Crippen LogP contribution is -2.13. The Kier molecular flexibility index (Phi) is 7.55. The lowest BCUT2D eigenvalue weighted by Gasteiger charge is -2.24. The predicted molar refractivity (Wildman–Crippen MR) is 128 cm³/mol. The molecule has 6 heteroatoms. The van der Waals surface area contributed by atoms with Crippen LogP contribution in [0.1, 0.15) is 78.2 Å². The number of nitrogens with zero attached hydrogens (tertiary/aromatic N) is 3. The average Bonchev–Trinajstić information content (AvgIpc) is 3.25. The monoisotopic (exact) mass is 447 g/mol. The van der Waals surface area contributed by atoms with Gasteiger partial charge in [-0.1, -0.05) is 67.6 Å². The number of aryl methyl sites for hydroxylation is 2. The molecular weight excluding hydrogens is 414 g/mol. The lowest BCUT2D eigenvalue weighted by atomic mass is 9.85. The van der Waals surface area contributed by atoms with Gasteiger partial charge in [0, 0.05) is 7.05 Å². The summed E-state index contributed by atoms with van der Waals surface area (Å²) in [4.78, 5) is 11.9. The SMILES string of the molecule is Cc1ccccc1-c1cc(COC(CCC2CCCCC2)c2cnnn2C)ccc1C(=O)O. The van der Waals surface area contributed by atoms with Crippen LogP contribution in [0.3, 0.4) is 0 Å². The molecule has 1 aliphatic rings. The number of carboxylic acids is 1. The summed E-state index contributed by atoms with van der Waals surface area (Å²) in [6.07, 6.45) is 10.4. The Morgan fingerprint density at radius 2 is 1.94 bits per heavy atom. The fraction of sp³-hybridized carbons (Fsp3) is 0.444. The lowest BCUT2D eigenvalue weighted by molar-refractivity contribution is 0.0233. The number of ether oxygens (including phenoxy) is 1. The molecule has 33 heavy (non-hydrogen) atoms. The Morgan fingerprint density at radius 3 is 2.64 bits per heavy atom. The smallest absolute Gasteiger partial charge is 0.336 e. The van der Waals surface area contributed by atoms with Gasteiger partial charge in [0.2, 0.25) is 0 Å².